The molecule has 0 radical (unpaired) electrons. The van der Waals surface area contributed by atoms with Crippen LogP contribution < -0.4 is 0 Å². The normalized spacial score (nSPS) is 18.1. The largest absolute Gasteiger partial charge is 0.455 e. The minimum Gasteiger partial charge on any atom is -0.455 e. The Morgan fingerprint density at radius 2 is 1.60 bits per heavy atom. The molecule has 6 rings (SSSR count). The first-order valence-electron chi connectivity index (χ1n) is 17.2. The molecule has 1 saturated heterocycles. The van der Waals surface area contributed by atoms with Crippen LogP contribution in [0.3, 0.4) is 0 Å². The smallest absolute Gasteiger partial charge is 0.144 e. The second-order valence-corrected chi connectivity index (χ2v) is 18.6. The number of fused-ring (bicyclic) bond motifs is 3. The van der Waals surface area contributed by atoms with E-state index in [0.29, 0.717) is 33.6 Å². The lowest BCUT2D eigenvalue weighted by atomic mass is 9.83. The van der Waals surface area contributed by atoms with E-state index in [-0.39, 0.29) is 17.4 Å². The van der Waals surface area contributed by atoms with E-state index in [9.17, 15) is 6.63 Å². The van der Waals surface area contributed by atoms with Gasteiger partial charge in [-0.3, -0.25) is 4.98 Å². The molecule has 5 aromatic rings. The molecular weight excluding hydrogens is 529 g/mol. The van der Waals surface area contributed by atoms with Crippen molar-refractivity contribution in [2.24, 2.45) is 0 Å². The first-order valence-corrected chi connectivity index (χ1v) is 18.6. The zero-order valence-electron chi connectivity index (χ0n) is 29.6. The number of hydrogen-bond acceptors (Lipinski definition) is 3. The average molecular weight is 575 g/mol. The van der Waals surface area contributed by atoms with Crippen LogP contribution >= 0.6 is 0 Å². The molecular formula is C38H42N2OSi. The molecule has 3 nitrogen and oxygen atoms in total. The molecule has 2 aromatic heterocycles. The molecule has 0 amide bonds. The Balaban J connectivity index is 1.62. The van der Waals surface area contributed by atoms with Gasteiger partial charge in [0.2, 0.25) is 0 Å². The van der Waals surface area contributed by atoms with Crippen molar-refractivity contribution in [2.45, 2.75) is 90.3 Å². The molecule has 1 fully saturated rings. The Morgan fingerprint density at radius 1 is 0.929 bits per heavy atom. The summed E-state index contributed by atoms with van der Waals surface area (Å²) in [5, 5.41) is 11.9. The molecule has 0 N–H and O–H groups in total. The summed E-state index contributed by atoms with van der Waals surface area (Å²) in [5.74, 6) is -0.514. The van der Waals surface area contributed by atoms with E-state index in [4.69, 9.17) is 13.5 Å². The lowest BCUT2D eigenvalue weighted by molar-refractivity contribution is 0.585. The maximum atomic E-state index is 10.2. The number of aryl methyl sites for hydroxylation is 1. The molecule has 3 heterocycles. The first kappa shape index (κ1) is 23.8. The van der Waals surface area contributed by atoms with Crippen LogP contribution in [0.15, 0.2) is 65.2 Å². The van der Waals surface area contributed by atoms with Gasteiger partial charge in [0.05, 0.1) is 17.3 Å². The lowest BCUT2D eigenvalue weighted by Crippen LogP contribution is -2.30. The van der Waals surface area contributed by atoms with Crippen molar-refractivity contribution in [3.8, 4) is 28.5 Å². The topological polar surface area (TPSA) is 49.8 Å². The van der Waals surface area contributed by atoms with E-state index >= 15 is 0 Å². The third-order valence-corrected chi connectivity index (χ3v) is 12.4. The van der Waals surface area contributed by atoms with Crippen molar-refractivity contribution < 1.29 is 9.90 Å². The second kappa shape index (κ2) is 10.9. The molecule has 214 valence electrons. The standard InChI is InChI=1S/C38H42N2OSi/c1-23(2)28-10-8-11-29(24(3)4)36(28)33-20-34(40-22-25(33)5)32-13-9-12-30-31-15-14-27(21-39)35(38(31)41-37(30)32)26-16-18-42(6,7)19-17-26/h8-15,20,22-24,26H,16-19H2,1-7H3/i5D3,26D. The number of rotatable bonds is 5. The fourth-order valence-corrected chi connectivity index (χ4v) is 8.86. The SMILES string of the molecule is [2H]C([2H])([2H])c1cnc(-c2cccc3c2oc2c(C4([2H])CC[Si](C)(C)CC4)c(C#N)ccc23)cc1-c1c(C(C)C)cccc1C(C)C. The number of furan rings is 1. The number of pyridine rings is 1. The van der Waals surface area contributed by atoms with Crippen LogP contribution in [0, 0.1) is 18.2 Å². The van der Waals surface area contributed by atoms with Gasteiger partial charge in [-0.05, 0) is 89.5 Å². The Bertz CT molecular complexity index is 1980. The van der Waals surface area contributed by atoms with Gasteiger partial charge >= 0.3 is 0 Å². The van der Waals surface area contributed by atoms with Gasteiger partial charge in [-0.15, -0.1) is 0 Å². The molecule has 0 bridgehead atoms. The molecule has 42 heavy (non-hydrogen) atoms. The highest BCUT2D eigenvalue weighted by molar-refractivity contribution is 6.77. The number of nitrogens with zero attached hydrogens (tertiary/aromatic N) is 2. The van der Waals surface area contributed by atoms with E-state index in [2.05, 4.69) is 65.1 Å². The summed E-state index contributed by atoms with van der Waals surface area (Å²) in [7, 11) is -1.35. The summed E-state index contributed by atoms with van der Waals surface area (Å²) in [5.41, 5.74) is 7.84. The predicted octanol–water partition coefficient (Wildman–Crippen LogP) is 11.3. The second-order valence-electron chi connectivity index (χ2n) is 13.3. The summed E-state index contributed by atoms with van der Waals surface area (Å²) >= 11 is 0. The number of nitriles is 1. The van der Waals surface area contributed by atoms with Gasteiger partial charge in [0.25, 0.3) is 0 Å². The summed E-state index contributed by atoms with van der Waals surface area (Å²) in [6.45, 7) is 11.0. The molecule has 0 spiro atoms. The summed E-state index contributed by atoms with van der Waals surface area (Å²) < 4.78 is 41.7. The maximum absolute atomic E-state index is 10.2. The van der Waals surface area contributed by atoms with Crippen LogP contribution in [0.5, 0.6) is 0 Å². The van der Waals surface area contributed by atoms with Crippen molar-refractivity contribution in [3.63, 3.8) is 0 Å². The number of aromatic nitrogens is 1. The van der Waals surface area contributed by atoms with Crippen LogP contribution in [0.25, 0.3) is 44.3 Å². The van der Waals surface area contributed by atoms with Crippen molar-refractivity contribution in [1.82, 2.24) is 4.98 Å². The fourth-order valence-electron chi connectivity index (χ4n) is 6.66. The van der Waals surface area contributed by atoms with E-state index in [1.54, 1.807) is 0 Å². The lowest BCUT2D eigenvalue weighted by Gasteiger charge is -2.33. The van der Waals surface area contributed by atoms with Gasteiger partial charge in [-0.1, -0.05) is 83.2 Å². The van der Waals surface area contributed by atoms with Gasteiger partial charge in [0.1, 0.15) is 11.2 Å². The molecule has 0 atom stereocenters. The minimum atomic E-state index is -2.35. The van der Waals surface area contributed by atoms with Gasteiger partial charge in [0, 0.05) is 41.7 Å². The molecule has 3 aromatic carbocycles. The molecule has 4 heteroatoms. The monoisotopic (exact) mass is 574 g/mol. The summed E-state index contributed by atoms with van der Waals surface area (Å²) in [6.07, 6.45) is 2.95. The van der Waals surface area contributed by atoms with Crippen molar-refractivity contribution in [1.29, 1.82) is 5.26 Å². The highest BCUT2D eigenvalue weighted by Gasteiger charge is 2.32. The number of para-hydroxylation sites is 1. The van der Waals surface area contributed by atoms with Crippen LogP contribution in [-0.4, -0.2) is 13.1 Å². The highest BCUT2D eigenvalue weighted by Crippen LogP contribution is 2.46. The van der Waals surface area contributed by atoms with Crippen molar-refractivity contribution in [2.75, 3.05) is 0 Å². The third-order valence-electron chi connectivity index (χ3n) is 9.17. The Morgan fingerprint density at radius 3 is 2.24 bits per heavy atom. The van der Waals surface area contributed by atoms with Gasteiger partial charge in [0.15, 0.2) is 0 Å². The van der Waals surface area contributed by atoms with Gasteiger partial charge < -0.3 is 4.42 Å². The zero-order valence-corrected chi connectivity index (χ0v) is 26.6. The quantitative estimate of drug-likeness (QED) is 0.196. The molecule has 0 aliphatic carbocycles. The third kappa shape index (κ3) is 4.88. The van der Waals surface area contributed by atoms with Crippen molar-refractivity contribution in [3.05, 3.63) is 88.6 Å². The van der Waals surface area contributed by atoms with Crippen LogP contribution in [0.4, 0.5) is 0 Å². The average Bonchev–Trinajstić information content (AvgIpc) is 3.39. The van der Waals surface area contributed by atoms with E-state index < -0.39 is 20.8 Å². The number of benzene rings is 3. The summed E-state index contributed by atoms with van der Waals surface area (Å²) in [6, 6.07) is 22.3. The van der Waals surface area contributed by atoms with Gasteiger partial charge in [-0.2, -0.15) is 5.26 Å². The zero-order chi connectivity index (χ0) is 33.2. The Hall–Kier alpha value is -3.68. The highest BCUT2D eigenvalue weighted by atomic mass is 28.3. The van der Waals surface area contributed by atoms with Crippen LogP contribution in [-0.2, 0) is 0 Å². The van der Waals surface area contributed by atoms with Crippen LogP contribution in [0.2, 0.25) is 25.2 Å². The fraction of sp³-hybridized carbons (Fsp3) is 0.368. The Labute approximate surface area is 257 Å². The number of hydrogen-bond donors (Lipinski definition) is 0. The van der Waals surface area contributed by atoms with E-state index in [0.717, 1.165) is 58.0 Å². The first-order chi connectivity index (χ1) is 21.6. The minimum absolute atomic E-state index is 0.187. The van der Waals surface area contributed by atoms with Crippen LogP contribution in [0.1, 0.15) is 91.6 Å². The van der Waals surface area contributed by atoms with Gasteiger partial charge in [-0.25, -0.2) is 0 Å². The maximum Gasteiger partial charge on any atom is 0.144 e. The molecule has 1 aliphatic heterocycles. The van der Waals surface area contributed by atoms with E-state index in [1.165, 1.54) is 6.20 Å². The molecule has 1 aliphatic rings. The van der Waals surface area contributed by atoms with E-state index in [1.807, 2.05) is 36.4 Å². The predicted molar refractivity (Wildman–Crippen MR) is 179 cm³/mol. The van der Waals surface area contributed by atoms with Crippen molar-refractivity contribution >= 4 is 30.0 Å². The Kier molecular flexibility index (Phi) is 6.16. The molecule has 0 unspecified atom stereocenters. The summed E-state index contributed by atoms with van der Waals surface area (Å²) in [4.78, 5) is 4.74. The molecule has 0 saturated carbocycles.